The molecule has 0 N–H and O–H groups in total. The minimum atomic E-state index is -0.226. The fourth-order valence-corrected chi connectivity index (χ4v) is 5.25. The van der Waals surface area contributed by atoms with Gasteiger partial charge in [0.15, 0.2) is 0 Å². The molecule has 0 aromatic rings. The highest BCUT2D eigenvalue weighted by molar-refractivity contribution is 5.89. The van der Waals surface area contributed by atoms with Crippen molar-refractivity contribution in [3.8, 4) is 0 Å². The number of esters is 1. The Labute approximate surface area is 127 Å². The summed E-state index contributed by atoms with van der Waals surface area (Å²) in [6.07, 6.45) is 6.79. The van der Waals surface area contributed by atoms with Crippen LogP contribution in [0.25, 0.3) is 0 Å². The number of rotatable bonds is 3. The van der Waals surface area contributed by atoms with E-state index >= 15 is 0 Å². The van der Waals surface area contributed by atoms with Crippen LogP contribution in [0.3, 0.4) is 0 Å². The lowest BCUT2D eigenvalue weighted by Gasteiger charge is -2.42. The third-order valence-electron chi connectivity index (χ3n) is 6.29. The number of ketones is 1. The average Bonchev–Trinajstić information content (AvgIpc) is 2.91. The lowest BCUT2D eigenvalue weighted by molar-refractivity contribution is -0.139. The number of hydrogen-bond donors (Lipinski definition) is 0. The molecule has 116 valence electrons. The van der Waals surface area contributed by atoms with E-state index in [1.54, 1.807) is 0 Å². The van der Waals surface area contributed by atoms with Crippen LogP contribution >= 0.6 is 0 Å². The zero-order valence-electron chi connectivity index (χ0n) is 13.2. The number of cyclic esters (lactones) is 1. The van der Waals surface area contributed by atoms with Gasteiger partial charge in [0.2, 0.25) is 0 Å². The van der Waals surface area contributed by atoms with Crippen LogP contribution in [0.2, 0.25) is 0 Å². The van der Waals surface area contributed by atoms with Crippen molar-refractivity contribution < 1.29 is 14.3 Å². The van der Waals surface area contributed by atoms with Crippen molar-refractivity contribution in [2.75, 3.05) is 0 Å². The first-order chi connectivity index (χ1) is 9.91. The van der Waals surface area contributed by atoms with Gasteiger partial charge in [0.05, 0.1) is 0 Å². The predicted molar refractivity (Wildman–Crippen MR) is 80.6 cm³/mol. The molecule has 0 spiro atoms. The van der Waals surface area contributed by atoms with E-state index in [9.17, 15) is 9.59 Å². The molecule has 2 aliphatic carbocycles. The lowest BCUT2D eigenvalue weighted by Crippen LogP contribution is -2.39. The summed E-state index contributed by atoms with van der Waals surface area (Å²) in [6, 6.07) is 0. The monoisotopic (exact) mass is 290 g/mol. The van der Waals surface area contributed by atoms with Crippen LogP contribution in [0.5, 0.6) is 0 Å². The first-order valence-corrected chi connectivity index (χ1v) is 8.33. The summed E-state index contributed by atoms with van der Waals surface area (Å²) >= 11 is 0. The number of ether oxygens (including phenoxy) is 1. The molecule has 3 aliphatic rings. The topological polar surface area (TPSA) is 43.4 Å². The van der Waals surface area contributed by atoms with Crippen LogP contribution in [0.15, 0.2) is 12.2 Å². The van der Waals surface area contributed by atoms with Crippen LogP contribution in [0.4, 0.5) is 0 Å². The lowest BCUT2D eigenvalue weighted by atomic mass is 9.62. The zero-order valence-corrected chi connectivity index (χ0v) is 13.2. The van der Waals surface area contributed by atoms with E-state index in [2.05, 4.69) is 20.4 Å². The van der Waals surface area contributed by atoms with Crippen LogP contribution in [0.1, 0.15) is 58.8 Å². The fourth-order valence-electron chi connectivity index (χ4n) is 5.25. The molecule has 0 amide bonds. The van der Waals surface area contributed by atoms with Gasteiger partial charge in [-0.05, 0) is 49.4 Å². The molecule has 0 aromatic heterocycles. The van der Waals surface area contributed by atoms with Gasteiger partial charge in [-0.3, -0.25) is 4.79 Å². The van der Waals surface area contributed by atoms with E-state index in [0.717, 1.165) is 32.1 Å². The molecule has 2 saturated carbocycles. The maximum atomic E-state index is 12.2. The molecule has 0 aromatic carbocycles. The molecule has 1 saturated heterocycles. The van der Waals surface area contributed by atoms with Gasteiger partial charge in [-0.2, -0.15) is 0 Å². The Morgan fingerprint density at radius 1 is 1.38 bits per heavy atom. The third-order valence-corrected chi connectivity index (χ3v) is 6.29. The molecule has 3 rings (SSSR count). The second kappa shape index (κ2) is 5.26. The fraction of sp³-hybridized carbons (Fsp3) is 0.778. The molecule has 1 heterocycles. The van der Waals surface area contributed by atoms with E-state index in [1.165, 1.54) is 6.42 Å². The second-order valence-corrected chi connectivity index (χ2v) is 7.61. The summed E-state index contributed by atoms with van der Waals surface area (Å²) in [5.74, 6) is 1.61. The molecule has 5 atom stereocenters. The van der Waals surface area contributed by atoms with Gasteiger partial charge >= 0.3 is 5.97 Å². The number of carbonyl (C=O) groups excluding carboxylic acids is 2. The molecule has 0 bridgehead atoms. The second-order valence-electron chi connectivity index (χ2n) is 7.61. The van der Waals surface area contributed by atoms with Gasteiger partial charge in [0.1, 0.15) is 11.9 Å². The zero-order chi connectivity index (χ0) is 15.2. The predicted octanol–water partition coefficient (Wildman–Crippen LogP) is 3.67. The van der Waals surface area contributed by atoms with Gasteiger partial charge < -0.3 is 4.74 Å². The van der Waals surface area contributed by atoms with E-state index in [0.29, 0.717) is 29.6 Å². The van der Waals surface area contributed by atoms with E-state index in [-0.39, 0.29) is 23.4 Å². The molecule has 1 aliphatic heterocycles. The summed E-state index contributed by atoms with van der Waals surface area (Å²) < 4.78 is 5.39. The highest BCUT2D eigenvalue weighted by Gasteiger charge is 2.52. The van der Waals surface area contributed by atoms with Crippen molar-refractivity contribution >= 4 is 11.8 Å². The van der Waals surface area contributed by atoms with Crippen molar-refractivity contribution in [2.45, 2.75) is 64.9 Å². The largest absolute Gasteiger partial charge is 0.459 e. The van der Waals surface area contributed by atoms with Crippen molar-refractivity contribution in [1.29, 1.82) is 0 Å². The first kappa shape index (κ1) is 14.8. The van der Waals surface area contributed by atoms with Crippen molar-refractivity contribution in [1.82, 2.24) is 0 Å². The Morgan fingerprint density at radius 3 is 2.81 bits per heavy atom. The summed E-state index contributed by atoms with van der Waals surface area (Å²) in [7, 11) is 0. The highest BCUT2D eigenvalue weighted by atomic mass is 16.5. The Balaban J connectivity index is 1.68. The van der Waals surface area contributed by atoms with E-state index in [1.807, 2.05) is 0 Å². The minimum Gasteiger partial charge on any atom is -0.459 e. The van der Waals surface area contributed by atoms with Gasteiger partial charge in [0.25, 0.3) is 0 Å². The van der Waals surface area contributed by atoms with Crippen molar-refractivity contribution in [3.63, 3.8) is 0 Å². The number of carbonyl (C=O) groups is 2. The molecule has 3 fully saturated rings. The summed E-state index contributed by atoms with van der Waals surface area (Å²) in [5, 5.41) is 0. The Kier molecular flexibility index (Phi) is 3.71. The van der Waals surface area contributed by atoms with Gasteiger partial charge in [-0.1, -0.05) is 20.4 Å². The normalized spacial score (nSPS) is 41.0. The van der Waals surface area contributed by atoms with Crippen molar-refractivity contribution in [2.24, 2.45) is 23.2 Å². The number of Topliss-reactive ketones (excluding diaryl/α,β-unsaturated/α-hetero) is 1. The maximum absolute atomic E-state index is 12.2. The van der Waals surface area contributed by atoms with Gasteiger partial charge in [0, 0.05) is 24.3 Å². The molecule has 3 nitrogen and oxygen atoms in total. The van der Waals surface area contributed by atoms with Crippen LogP contribution in [-0.4, -0.2) is 17.9 Å². The van der Waals surface area contributed by atoms with Crippen LogP contribution in [-0.2, 0) is 14.3 Å². The third kappa shape index (κ3) is 2.45. The van der Waals surface area contributed by atoms with Crippen molar-refractivity contribution in [3.05, 3.63) is 12.2 Å². The summed E-state index contributed by atoms with van der Waals surface area (Å²) in [4.78, 5) is 23.7. The van der Waals surface area contributed by atoms with E-state index < -0.39 is 0 Å². The molecule has 0 radical (unpaired) electrons. The quantitative estimate of drug-likeness (QED) is 0.588. The first-order valence-electron chi connectivity index (χ1n) is 8.33. The molecule has 3 heteroatoms. The minimum absolute atomic E-state index is 0.00180. The van der Waals surface area contributed by atoms with Gasteiger partial charge in [-0.15, -0.1) is 0 Å². The van der Waals surface area contributed by atoms with Crippen LogP contribution in [0, 0.1) is 23.2 Å². The Hall–Kier alpha value is -1.12. The van der Waals surface area contributed by atoms with Gasteiger partial charge in [-0.25, -0.2) is 4.79 Å². The summed E-state index contributed by atoms with van der Waals surface area (Å²) in [6.45, 7) is 8.35. The Morgan fingerprint density at radius 2 is 2.14 bits per heavy atom. The molecular formula is C18H26O3. The highest BCUT2D eigenvalue weighted by Crippen LogP contribution is 2.57. The maximum Gasteiger partial charge on any atom is 0.333 e. The summed E-state index contributed by atoms with van der Waals surface area (Å²) in [5.41, 5.74) is 0.782. The molecular weight excluding hydrogens is 264 g/mol. The van der Waals surface area contributed by atoms with Crippen LogP contribution < -0.4 is 0 Å². The SMILES string of the molecule is C=C1C[C@@H](C[C@@H](C)[C@H]2CC[C@H]3C(=O)CCC[C@]23C)OC1=O. The standard InChI is InChI=1S/C18H26O3/c1-11(9-13-10-12(2)17(20)21-13)14-6-7-15-16(19)5-4-8-18(14,15)3/h11,13-15H,2,4-10H2,1,3H3/t11-,13-,14-,15+,18-/m1/s1. The molecule has 0 unspecified atom stereocenters. The number of fused-ring (bicyclic) bond motifs is 1. The molecule has 21 heavy (non-hydrogen) atoms. The number of hydrogen-bond acceptors (Lipinski definition) is 3. The Bertz CT molecular complexity index is 465. The smallest absolute Gasteiger partial charge is 0.333 e. The average molecular weight is 290 g/mol. The van der Waals surface area contributed by atoms with E-state index in [4.69, 9.17) is 4.74 Å².